The smallest absolute Gasteiger partial charge is 0.0306 e. The maximum atomic E-state index is 5.62. The van der Waals surface area contributed by atoms with Gasteiger partial charge in [-0.15, -0.1) is 17.5 Å². The Morgan fingerprint density at radius 1 is 1.38 bits per heavy atom. The molecular weight excluding hydrogens is 216 g/mol. The number of hydrogen-bond acceptors (Lipinski definition) is 0. The summed E-state index contributed by atoms with van der Waals surface area (Å²) in [6.07, 6.45) is 3.14. The van der Waals surface area contributed by atoms with Gasteiger partial charge in [-0.05, 0) is 18.4 Å². The molecule has 1 fully saturated rings. The highest BCUT2D eigenvalue weighted by Gasteiger charge is 2.50. The second-order valence-corrected chi connectivity index (χ2v) is 5.03. The molecule has 1 aliphatic carbocycles. The standard InChI is InChI=1S/C15H17Cl/c1-15(13-8-4-2-5-9-13)12-14(15)10-6-3-7-11-16/h2,4-5,8-9,14H,3,7,11-12H2,1H3/t14-,15+/m1/s1. The summed E-state index contributed by atoms with van der Waals surface area (Å²) in [4.78, 5) is 0. The molecule has 2 atom stereocenters. The van der Waals surface area contributed by atoms with Gasteiger partial charge in [-0.1, -0.05) is 43.2 Å². The number of unbranched alkanes of at least 4 members (excludes halogenated alkanes) is 1. The lowest BCUT2D eigenvalue weighted by Crippen LogP contribution is -2.02. The van der Waals surface area contributed by atoms with E-state index in [1.165, 1.54) is 12.0 Å². The Balaban J connectivity index is 1.96. The third-order valence-electron chi connectivity index (χ3n) is 3.38. The molecule has 1 aromatic rings. The molecule has 0 aromatic heterocycles. The summed E-state index contributed by atoms with van der Waals surface area (Å²) in [7, 11) is 0. The van der Waals surface area contributed by atoms with E-state index in [1.807, 2.05) is 0 Å². The van der Waals surface area contributed by atoms with Crippen molar-refractivity contribution in [3.8, 4) is 11.8 Å². The van der Waals surface area contributed by atoms with Crippen molar-refractivity contribution in [3.63, 3.8) is 0 Å². The van der Waals surface area contributed by atoms with Crippen molar-refractivity contribution >= 4 is 11.6 Å². The third-order valence-corrected chi connectivity index (χ3v) is 3.65. The van der Waals surface area contributed by atoms with Crippen LogP contribution >= 0.6 is 11.6 Å². The molecular formula is C15H17Cl. The first kappa shape index (κ1) is 11.6. The zero-order chi connectivity index (χ0) is 11.4. The molecule has 0 N–H and O–H groups in total. The van der Waals surface area contributed by atoms with Crippen LogP contribution in [0.15, 0.2) is 30.3 Å². The number of alkyl halides is 1. The Labute approximate surface area is 103 Å². The van der Waals surface area contributed by atoms with Crippen LogP contribution in [0.2, 0.25) is 0 Å². The van der Waals surface area contributed by atoms with Crippen LogP contribution in [0.5, 0.6) is 0 Å². The molecule has 0 spiro atoms. The van der Waals surface area contributed by atoms with Gasteiger partial charge in [0.25, 0.3) is 0 Å². The van der Waals surface area contributed by atoms with E-state index in [4.69, 9.17) is 11.6 Å². The minimum Gasteiger partial charge on any atom is -0.127 e. The Kier molecular flexibility index (Phi) is 3.56. The van der Waals surface area contributed by atoms with E-state index in [9.17, 15) is 0 Å². The lowest BCUT2D eigenvalue weighted by Gasteiger charge is -2.08. The van der Waals surface area contributed by atoms with Crippen LogP contribution in [0, 0.1) is 17.8 Å². The van der Waals surface area contributed by atoms with Gasteiger partial charge >= 0.3 is 0 Å². The minimum absolute atomic E-state index is 0.301. The molecule has 1 saturated carbocycles. The largest absolute Gasteiger partial charge is 0.127 e. The highest BCUT2D eigenvalue weighted by atomic mass is 35.5. The minimum atomic E-state index is 0.301. The predicted octanol–water partition coefficient (Wildman–Crippen LogP) is 3.99. The van der Waals surface area contributed by atoms with E-state index in [1.54, 1.807) is 0 Å². The summed E-state index contributed by atoms with van der Waals surface area (Å²) in [5.74, 6) is 7.87. The molecule has 84 valence electrons. The monoisotopic (exact) mass is 232 g/mol. The highest BCUT2D eigenvalue weighted by Crippen LogP contribution is 2.53. The van der Waals surface area contributed by atoms with Crippen molar-refractivity contribution in [2.75, 3.05) is 5.88 Å². The van der Waals surface area contributed by atoms with E-state index >= 15 is 0 Å². The van der Waals surface area contributed by atoms with Gasteiger partial charge in [0, 0.05) is 23.6 Å². The molecule has 1 heteroatoms. The molecule has 0 nitrogen and oxygen atoms in total. The number of benzene rings is 1. The summed E-state index contributed by atoms with van der Waals surface area (Å²) in [6, 6.07) is 10.7. The Morgan fingerprint density at radius 3 is 2.81 bits per heavy atom. The van der Waals surface area contributed by atoms with Crippen molar-refractivity contribution in [1.82, 2.24) is 0 Å². The van der Waals surface area contributed by atoms with E-state index in [-0.39, 0.29) is 0 Å². The number of hydrogen-bond donors (Lipinski definition) is 0. The molecule has 16 heavy (non-hydrogen) atoms. The highest BCUT2D eigenvalue weighted by molar-refractivity contribution is 6.17. The van der Waals surface area contributed by atoms with Gasteiger partial charge < -0.3 is 0 Å². The van der Waals surface area contributed by atoms with Crippen molar-refractivity contribution in [2.45, 2.75) is 31.6 Å². The zero-order valence-corrected chi connectivity index (χ0v) is 10.4. The second-order valence-electron chi connectivity index (χ2n) is 4.65. The van der Waals surface area contributed by atoms with Gasteiger partial charge in [0.1, 0.15) is 0 Å². The van der Waals surface area contributed by atoms with Crippen LogP contribution in [0.25, 0.3) is 0 Å². The van der Waals surface area contributed by atoms with E-state index in [2.05, 4.69) is 49.1 Å². The normalized spacial score (nSPS) is 27.0. The van der Waals surface area contributed by atoms with Gasteiger partial charge in [-0.3, -0.25) is 0 Å². The second kappa shape index (κ2) is 4.93. The molecule has 0 unspecified atom stereocenters. The SMILES string of the molecule is C[C@@]1(c2ccccc2)C[C@H]1C#CCCCCl. The maximum absolute atomic E-state index is 5.62. The summed E-state index contributed by atoms with van der Waals surface area (Å²) in [5, 5.41) is 0. The molecule has 0 bridgehead atoms. The van der Waals surface area contributed by atoms with Gasteiger partial charge in [0.05, 0.1) is 0 Å². The fourth-order valence-corrected chi connectivity index (χ4v) is 2.20. The van der Waals surface area contributed by atoms with Crippen molar-refractivity contribution in [2.24, 2.45) is 5.92 Å². The molecule has 1 aromatic carbocycles. The molecule has 0 saturated heterocycles. The lowest BCUT2D eigenvalue weighted by atomic mass is 9.96. The molecule has 0 radical (unpaired) electrons. The molecule has 0 aliphatic heterocycles. The molecule has 0 heterocycles. The molecule has 1 aliphatic rings. The van der Waals surface area contributed by atoms with Crippen molar-refractivity contribution in [1.29, 1.82) is 0 Å². The van der Waals surface area contributed by atoms with E-state index in [0.29, 0.717) is 11.3 Å². The number of rotatable bonds is 3. The summed E-state index contributed by atoms with van der Waals surface area (Å²) in [6.45, 7) is 2.31. The fraction of sp³-hybridized carbons (Fsp3) is 0.467. The maximum Gasteiger partial charge on any atom is 0.0306 e. The van der Waals surface area contributed by atoms with E-state index < -0.39 is 0 Å². The van der Waals surface area contributed by atoms with Crippen molar-refractivity contribution < 1.29 is 0 Å². The fourth-order valence-electron chi connectivity index (χ4n) is 2.06. The van der Waals surface area contributed by atoms with Gasteiger partial charge in [-0.2, -0.15) is 0 Å². The predicted molar refractivity (Wildman–Crippen MR) is 69.6 cm³/mol. The Hall–Kier alpha value is -0.930. The average Bonchev–Trinajstić information content (AvgIpc) is 2.99. The van der Waals surface area contributed by atoms with E-state index in [0.717, 1.165) is 18.7 Å². The van der Waals surface area contributed by atoms with Crippen LogP contribution < -0.4 is 0 Å². The first-order chi connectivity index (χ1) is 7.77. The Bertz CT molecular complexity index is 398. The topological polar surface area (TPSA) is 0 Å². The van der Waals surface area contributed by atoms with Crippen LogP contribution in [0.4, 0.5) is 0 Å². The van der Waals surface area contributed by atoms with Crippen molar-refractivity contribution in [3.05, 3.63) is 35.9 Å². The zero-order valence-electron chi connectivity index (χ0n) is 9.67. The quantitative estimate of drug-likeness (QED) is 0.420. The van der Waals surface area contributed by atoms with Crippen LogP contribution in [0.3, 0.4) is 0 Å². The summed E-state index contributed by atoms with van der Waals surface area (Å²) < 4.78 is 0. The van der Waals surface area contributed by atoms with Gasteiger partial charge in [0.2, 0.25) is 0 Å². The summed E-state index contributed by atoms with van der Waals surface area (Å²) >= 11 is 5.62. The van der Waals surface area contributed by atoms with Gasteiger partial charge in [-0.25, -0.2) is 0 Å². The van der Waals surface area contributed by atoms with Crippen LogP contribution in [-0.2, 0) is 5.41 Å². The number of halogens is 1. The lowest BCUT2D eigenvalue weighted by molar-refractivity contribution is 0.745. The Morgan fingerprint density at radius 2 is 2.12 bits per heavy atom. The van der Waals surface area contributed by atoms with Gasteiger partial charge in [0.15, 0.2) is 0 Å². The molecule has 0 amide bonds. The summed E-state index contributed by atoms with van der Waals surface area (Å²) in [5.41, 5.74) is 1.72. The third kappa shape index (κ3) is 2.42. The van der Waals surface area contributed by atoms with Crippen LogP contribution in [-0.4, -0.2) is 5.88 Å². The molecule has 2 rings (SSSR count). The first-order valence-electron chi connectivity index (χ1n) is 5.87. The first-order valence-corrected chi connectivity index (χ1v) is 6.41. The van der Waals surface area contributed by atoms with Crippen LogP contribution in [0.1, 0.15) is 31.7 Å². The average molecular weight is 233 g/mol.